The van der Waals surface area contributed by atoms with Gasteiger partial charge in [0.15, 0.2) is 0 Å². The van der Waals surface area contributed by atoms with E-state index in [2.05, 4.69) is 31.2 Å². The van der Waals surface area contributed by atoms with Gasteiger partial charge in [-0.15, -0.1) is 0 Å². The molecule has 0 aliphatic carbocycles. The molecule has 4 aromatic rings. The van der Waals surface area contributed by atoms with E-state index in [9.17, 15) is 9.18 Å². The minimum Gasteiger partial charge on any atom is -0.361 e. The van der Waals surface area contributed by atoms with Crippen LogP contribution in [0.3, 0.4) is 0 Å². The molecule has 5 rings (SSSR count). The number of amides is 1. The number of benzene rings is 3. The van der Waals surface area contributed by atoms with Crippen LogP contribution in [0.25, 0.3) is 0 Å². The Morgan fingerprint density at radius 2 is 1.74 bits per heavy atom. The number of para-hydroxylation sites is 3. The van der Waals surface area contributed by atoms with E-state index in [1.165, 1.54) is 12.1 Å². The van der Waals surface area contributed by atoms with Gasteiger partial charge in [-0.3, -0.25) is 4.79 Å². The number of hydrogen-bond acceptors (Lipinski definition) is 8. The summed E-state index contributed by atoms with van der Waals surface area (Å²) < 4.78 is 13.4. The summed E-state index contributed by atoms with van der Waals surface area (Å²) in [5.41, 5.74) is 13.0. The Morgan fingerprint density at radius 3 is 2.51 bits per heavy atom. The molecule has 1 atom stereocenters. The molecule has 35 heavy (non-hydrogen) atoms. The summed E-state index contributed by atoms with van der Waals surface area (Å²) in [5, 5.41) is 9.43. The Labute approximate surface area is 199 Å². The van der Waals surface area contributed by atoms with E-state index < -0.39 is 5.92 Å². The fraction of sp³-hybridized carbons (Fsp3) is 0.0800. The third kappa shape index (κ3) is 4.76. The predicted octanol–water partition coefficient (Wildman–Crippen LogP) is 5.71. The van der Waals surface area contributed by atoms with E-state index in [0.717, 1.165) is 5.69 Å². The maximum absolute atomic E-state index is 13.4. The highest BCUT2D eigenvalue weighted by Crippen LogP contribution is 2.37. The van der Waals surface area contributed by atoms with Gasteiger partial charge in [0.2, 0.25) is 11.9 Å². The fourth-order valence-electron chi connectivity index (χ4n) is 3.77. The predicted molar refractivity (Wildman–Crippen MR) is 129 cm³/mol. The van der Waals surface area contributed by atoms with Crippen molar-refractivity contribution in [1.82, 2.24) is 9.97 Å². The zero-order chi connectivity index (χ0) is 24.2. The van der Waals surface area contributed by atoms with Crippen molar-refractivity contribution in [3.05, 3.63) is 95.8 Å². The quantitative estimate of drug-likeness (QED) is 0.203. The lowest BCUT2D eigenvalue weighted by Gasteiger charge is -2.26. The minimum absolute atomic E-state index is 0.195. The summed E-state index contributed by atoms with van der Waals surface area (Å²) in [5.74, 6) is -0.469. The van der Waals surface area contributed by atoms with Gasteiger partial charge in [-0.2, -0.15) is 15.1 Å². The van der Waals surface area contributed by atoms with Crippen molar-refractivity contribution in [2.45, 2.75) is 12.3 Å². The van der Waals surface area contributed by atoms with Crippen molar-refractivity contribution in [2.75, 3.05) is 16.1 Å². The van der Waals surface area contributed by atoms with Gasteiger partial charge < -0.3 is 15.5 Å². The highest BCUT2D eigenvalue weighted by atomic mass is 19.1. The number of nitrogens with one attached hydrogen (secondary N) is 4. The first-order chi connectivity index (χ1) is 17.1. The molecule has 2 heterocycles. The second kappa shape index (κ2) is 9.56. The number of carbonyl (C=O) groups is 1. The molecule has 0 saturated heterocycles. The molecule has 0 fully saturated rings. The van der Waals surface area contributed by atoms with Crippen LogP contribution in [0, 0.1) is 11.3 Å². The minimum atomic E-state index is -0.572. The van der Waals surface area contributed by atoms with E-state index in [1.54, 1.807) is 36.4 Å². The molecular formula is C25H20FN7O2. The average Bonchev–Trinajstić information content (AvgIpc) is 2.88. The monoisotopic (exact) mass is 469 g/mol. The van der Waals surface area contributed by atoms with Crippen molar-refractivity contribution in [2.24, 2.45) is 5.11 Å². The highest BCUT2D eigenvalue weighted by molar-refractivity contribution is 5.98. The van der Waals surface area contributed by atoms with Crippen LogP contribution in [0.5, 0.6) is 5.88 Å². The average molecular weight is 469 g/mol. The third-order valence-electron chi connectivity index (χ3n) is 5.52. The highest BCUT2D eigenvalue weighted by Gasteiger charge is 2.32. The first-order valence-electron chi connectivity index (χ1n) is 10.8. The molecule has 174 valence electrons. The van der Waals surface area contributed by atoms with Gasteiger partial charge in [0.05, 0.1) is 17.2 Å². The van der Waals surface area contributed by atoms with Gasteiger partial charge in [-0.05, 0) is 48.4 Å². The van der Waals surface area contributed by atoms with Crippen molar-refractivity contribution >= 4 is 34.7 Å². The molecule has 1 aromatic heterocycles. The fourth-order valence-corrected chi connectivity index (χ4v) is 3.77. The zero-order valence-corrected chi connectivity index (χ0v) is 18.3. The molecule has 1 aliphatic rings. The van der Waals surface area contributed by atoms with Gasteiger partial charge in [0, 0.05) is 5.69 Å². The molecule has 0 spiro atoms. The lowest BCUT2D eigenvalue weighted by Crippen LogP contribution is -2.30. The second-order valence-electron chi connectivity index (χ2n) is 7.80. The van der Waals surface area contributed by atoms with Crippen LogP contribution >= 0.6 is 0 Å². The van der Waals surface area contributed by atoms with Gasteiger partial charge in [-0.1, -0.05) is 42.5 Å². The van der Waals surface area contributed by atoms with Crippen molar-refractivity contribution in [1.29, 1.82) is 5.53 Å². The molecule has 1 aliphatic heterocycles. The normalized spacial score (nSPS) is 14.4. The Bertz CT molecular complexity index is 1380. The third-order valence-corrected chi connectivity index (χ3v) is 5.52. The smallest absolute Gasteiger partial charge is 0.256 e. The zero-order valence-electron chi connectivity index (χ0n) is 18.3. The van der Waals surface area contributed by atoms with Gasteiger partial charge >= 0.3 is 0 Å². The maximum Gasteiger partial charge on any atom is 0.256 e. The number of nitrogens with zero attached hydrogens (tertiary/aromatic N) is 3. The van der Waals surface area contributed by atoms with Crippen LogP contribution in [0.2, 0.25) is 0 Å². The van der Waals surface area contributed by atoms with E-state index in [-0.39, 0.29) is 30.0 Å². The van der Waals surface area contributed by atoms with E-state index in [4.69, 9.17) is 10.4 Å². The number of anilines is 4. The van der Waals surface area contributed by atoms with Gasteiger partial charge in [0.1, 0.15) is 17.3 Å². The first kappa shape index (κ1) is 22.0. The Kier molecular flexibility index (Phi) is 6.00. The molecular weight excluding hydrogens is 449 g/mol. The summed E-state index contributed by atoms with van der Waals surface area (Å²) in [4.78, 5) is 27.8. The van der Waals surface area contributed by atoms with E-state index in [0.29, 0.717) is 28.3 Å². The van der Waals surface area contributed by atoms with Gasteiger partial charge in [0.25, 0.3) is 5.88 Å². The van der Waals surface area contributed by atoms with E-state index in [1.807, 2.05) is 30.3 Å². The van der Waals surface area contributed by atoms with Gasteiger partial charge in [-0.25, -0.2) is 15.4 Å². The number of fused-ring (bicyclic) bond motifs is 1. The number of hydrogen-bond donors (Lipinski definition) is 4. The number of rotatable bonds is 7. The molecule has 3 aromatic carbocycles. The molecule has 1 amide bonds. The lowest BCUT2D eigenvalue weighted by molar-refractivity contribution is -0.117. The van der Waals surface area contributed by atoms with Crippen LogP contribution in [0.1, 0.15) is 17.0 Å². The molecule has 10 heteroatoms. The Morgan fingerprint density at radius 1 is 1.00 bits per heavy atom. The summed E-state index contributed by atoms with van der Waals surface area (Å²) in [6.07, 6.45) is 0.250. The molecule has 9 nitrogen and oxygen atoms in total. The van der Waals surface area contributed by atoms with Crippen LogP contribution < -0.4 is 21.0 Å². The Hall–Kier alpha value is -4.86. The lowest BCUT2D eigenvalue weighted by atomic mass is 9.89. The first-order valence-corrected chi connectivity index (χ1v) is 10.8. The van der Waals surface area contributed by atoms with Crippen molar-refractivity contribution < 1.29 is 14.0 Å². The van der Waals surface area contributed by atoms with Crippen LogP contribution in [0.4, 0.5) is 33.2 Å². The second-order valence-corrected chi connectivity index (χ2v) is 7.80. The maximum atomic E-state index is 13.4. The molecule has 0 saturated carbocycles. The Balaban J connectivity index is 1.50. The largest absolute Gasteiger partial charge is 0.361 e. The summed E-state index contributed by atoms with van der Waals surface area (Å²) >= 11 is 0. The van der Waals surface area contributed by atoms with Crippen LogP contribution in [-0.2, 0) is 11.2 Å². The standard InChI is InChI=1S/C25H20FN7O2/c26-16-12-10-15(11-13-16)18-14-19-22(29-23(18)34)30-25(28-17-6-2-1-3-7-17)31-24(19)35-33-21-9-5-4-8-20(21)32-27/h1-13,18,27,33H,14H2,(H2,28,29,30,31,34). The molecule has 1 unspecified atom stereocenters. The van der Waals surface area contributed by atoms with Crippen LogP contribution in [-0.4, -0.2) is 15.9 Å². The molecule has 4 N–H and O–H groups in total. The topological polar surface area (TPSA) is 124 Å². The summed E-state index contributed by atoms with van der Waals surface area (Å²) in [7, 11) is 0. The summed E-state index contributed by atoms with van der Waals surface area (Å²) in [6, 6.07) is 22.1. The number of halogens is 1. The SMILES string of the molecule is N=Nc1ccccc1NOc1nc(Nc2ccccc2)nc2c1CC(c1ccc(F)cc1)C(=O)N2. The van der Waals surface area contributed by atoms with Crippen LogP contribution in [0.15, 0.2) is 84.0 Å². The molecule has 0 bridgehead atoms. The van der Waals surface area contributed by atoms with Crippen molar-refractivity contribution in [3.8, 4) is 5.88 Å². The van der Waals surface area contributed by atoms with E-state index >= 15 is 0 Å². The van der Waals surface area contributed by atoms with Crippen molar-refractivity contribution in [3.63, 3.8) is 0 Å². The number of carbonyl (C=O) groups excluding carboxylic acids is 1. The molecule has 0 radical (unpaired) electrons. The number of aromatic nitrogens is 2. The summed E-state index contributed by atoms with van der Waals surface area (Å²) in [6.45, 7) is 0.